The Bertz CT molecular complexity index is 873. The van der Waals surface area contributed by atoms with Crippen LogP contribution in [0.5, 0.6) is 5.75 Å². The molecule has 0 heterocycles. The van der Waals surface area contributed by atoms with Gasteiger partial charge in [0.1, 0.15) is 12.4 Å². The number of amides is 1. The molecule has 1 saturated carbocycles. The van der Waals surface area contributed by atoms with Crippen LogP contribution in [-0.2, 0) is 21.2 Å². The van der Waals surface area contributed by atoms with Gasteiger partial charge in [0, 0.05) is 13.6 Å². The van der Waals surface area contributed by atoms with Crippen molar-refractivity contribution in [2.75, 3.05) is 13.6 Å². The zero-order valence-corrected chi connectivity index (χ0v) is 17.0. The number of nitrogens with zero attached hydrogens (tertiary/aromatic N) is 1. The van der Waals surface area contributed by atoms with Crippen LogP contribution in [0.1, 0.15) is 37.7 Å². The molecule has 0 unspecified atom stereocenters. The van der Waals surface area contributed by atoms with E-state index < -0.39 is 14.6 Å². The van der Waals surface area contributed by atoms with E-state index in [-0.39, 0.29) is 6.54 Å². The molecular weight excluding hydrogens is 374 g/mol. The second kappa shape index (κ2) is 8.78. The molecule has 0 bridgehead atoms. The molecule has 0 saturated heterocycles. The predicted molar refractivity (Wildman–Crippen MR) is 109 cm³/mol. The van der Waals surface area contributed by atoms with Crippen molar-refractivity contribution in [2.24, 2.45) is 0 Å². The predicted octanol–water partition coefficient (Wildman–Crippen LogP) is 3.83. The largest absolute Gasteiger partial charge is 0.489 e. The first-order valence-electron chi connectivity index (χ1n) is 9.64. The third-order valence-corrected chi connectivity index (χ3v) is 8.00. The summed E-state index contributed by atoms with van der Waals surface area (Å²) in [6, 6.07) is 16.5. The molecule has 1 fully saturated rings. The van der Waals surface area contributed by atoms with E-state index in [1.165, 1.54) is 4.90 Å². The highest BCUT2D eigenvalue weighted by molar-refractivity contribution is 7.92. The molecule has 0 aromatic heterocycles. The molecule has 0 atom stereocenters. The Kier molecular flexibility index (Phi) is 6.39. The Hall–Kier alpha value is -2.34. The maximum Gasteiger partial charge on any atom is 0.209 e. The Morgan fingerprint density at radius 3 is 2.25 bits per heavy atom. The average Bonchev–Trinajstić information content (AvgIpc) is 2.74. The zero-order chi connectivity index (χ0) is 20.0. The van der Waals surface area contributed by atoms with Crippen molar-refractivity contribution in [1.29, 1.82) is 0 Å². The first-order valence-corrected chi connectivity index (χ1v) is 11.1. The molecular formula is C22H27NO4S. The molecule has 2 aromatic carbocycles. The number of hydrogen-bond acceptors (Lipinski definition) is 4. The second-order valence-corrected chi connectivity index (χ2v) is 9.86. The summed E-state index contributed by atoms with van der Waals surface area (Å²) in [4.78, 5) is 12.9. The fraction of sp³-hybridized carbons (Fsp3) is 0.409. The number of sulfone groups is 1. The van der Waals surface area contributed by atoms with E-state index in [2.05, 4.69) is 0 Å². The summed E-state index contributed by atoms with van der Waals surface area (Å²) in [6.07, 6.45) is 4.63. The van der Waals surface area contributed by atoms with Crippen LogP contribution >= 0.6 is 0 Å². The van der Waals surface area contributed by atoms with E-state index >= 15 is 0 Å². The topological polar surface area (TPSA) is 63.7 Å². The SMILES string of the molecule is CN(C=O)CC1(S(=O)(=O)c2ccc(OCc3ccccc3)cc2)CCCCC1. The van der Waals surface area contributed by atoms with Gasteiger partial charge in [-0.05, 0) is 42.7 Å². The van der Waals surface area contributed by atoms with E-state index in [9.17, 15) is 13.2 Å². The highest BCUT2D eigenvalue weighted by Crippen LogP contribution is 2.39. The molecule has 0 aliphatic heterocycles. The van der Waals surface area contributed by atoms with Crippen molar-refractivity contribution in [1.82, 2.24) is 4.90 Å². The van der Waals surface area contributed by atoms with Crippen molar-refractivity contribution < 1.29 is 17.9 Å². The summed E-state index contributed by atoms with van der Waals surface area (Å²) in [5.41, 5.74) is 1.05. The molecule has 0 N–H and O–H groups in total. The first-order chi connectivity index (χ1) is 13.5. The quantitative estimate of drug-likeness (QED) is 0.631. The van der Waals surface area contributed by atoms with Crippen LogP contribution in [0.25, 0.3) is 0 Å². The summed E-state index contributed by atoms with van der Waals surface area (Å²) in [5, 5.41) is 0. The van der Waals surface area contributed by atoms with Crippen molar-refractivity contribution in [3.05, 3.63) is 60.2 Å². The minimum atomic E-state index is -3.57. The van der Waals surface area contributed by atoms with E-state index in [4.69, 9.17) is 4.74 Å². The van der Waals surface area contributed by atoms with E-state index in [0.29, 0.717) is 36.5 Å². The summed E-state index contributed by atoms with van der Waals surface area (Å²) in [6.45, 7) is 0.659. The van der Waals surface area contributed by atoms with Crippen LogP contribution in [0.15, 0.2) is 59.5 Å². The van der Waals surface area contributed by atoms with Gasteiger partial charge in [0.05, 0.1) is 9.64 Å². The van der Waals surface area contributed by atoms with Gasteiger partial charge in [-0.2, -0.15) is 0 Å². The van der Waals surface area contributed by atoms with Gasteiger partial charge in [-0.15, -0.1) is 0 Å². The second-order valence-electron chi connectivity index (χ2n) is 7.51. The normalized spacial score (nSPS) is 16.3. The third-order valence-electron chi connectivity index (χ3n) is 5.43. The molecule has 28 heavy (non-hydrogen) atoms. The van der Waals surface area contributed by atoms with Crippen molar-refractivity contribution in [2.45, 2.75) is 48.4 Å². The lowest BCUT2D eigenvalue weighted by Crippen LogP contribution is -2.49. The molecule has 150 valence electrons. The number of carbonyl (C=O) groups is 1. The molecule has 2 aromatic rings. The highest BCUT2D eigenvalue weighted by Gasteiger charge is 2.46. The first kappa shape index (κ1) is 20.4. The Balaban J connectivity index is 1.78. The van der Waals surface area contributed by atoms with E-state index in [1.807, 2.05) is 30.3 Å². The summed E-state index contributed by atoms with van der Waals surface area (Å²) in [7, 11) is -1.93. The standard InChI is InChI=1S/C22H27NO4S/c1-23(18-24)17-22(14-6-3-7-15-22)28(25,26)21-12-10-20(11-13-21)27-16-19-8-4-2-5-9-19/h2,4-5,8-13,18H,3,6-7,14-17H2,1H3. The fourth-order valence-corrected chi connectivity index (χ4v) is 6.10. The van der Waals surface area contributed by atoms with Gasteiger partial charge in [-0.1, -0.05) is 49.6 Å². The molecule has 1 aliphatic carbocycles. The smallest absolute Gasteiger partial charge is 0.209 e. The molecule has 0 spiro atoms. The van der Waals surface area contributed by atoms with Gasteiger partial charge in [0.2, 0.25) is 6.41 Å². The lowest BCUT2D eigenvalue weighted by atomic mass is 9.88. The van der Waals surface area contributed by atoms with Gasteiger partial charge in [-0.3, -0.25) is 4.79 Å². The lowest BCUT2D eigenvalue weighted by Gasteiger charge is -2.38. The average molecular weight is 402 g/mol. The van der Waals surface area contributed by atoms with Crippen LogP contribution in [-0.4, -0.2) is 38.1 Å². The summed E-state index contributed by atoms with van der Waals surface area (Å²) >= 11 is 0. The molecule has 3 rings (SSSR count). The van der Waals surface area contributed by atoms with Crippen molar-refractivity contribution in [3.63, 3.8) is 0 Å². The molecule has 1 amide bonds. The van der Waals surface area contributed by atoms with Crippen molar-refractivity contribution >= 4 is 16.2 Å². The van der Waals surface area contributed by atoms with Crippen LogP contribution in [0, 0.1) is 0 Å². The van der Waals surface area contributed by atoms with Crippen LogP contribution in [0.2, 0.25) is 0 Å². The summed E-state index contributed by atoms with van der Waals surface area (Å²) in [5.74, 6) is 0.630. The van der Waals surface area contributed by atoms with Crippen molar-refractivity contribution in [3.8, 4) is 5.75 Å². The van der Waals surface area contributed by atoms with Gasteiger partial charge in [0.15, 0.2) is 9.84 Å². The zero-order valence-electron chi connectivity index (χ0n) is 16.2. The monoisotopic (exact) mass is 401 g/mol. The van der Waals surface area contributed by atoms with Crippen LogP contribution in [0.3, 0.4) is 0 Å². The van der Waals surface area contributed by atoms with E-state index in [1.54, 1.807) is 31.3 Å². The number of benzene rings is 2. The maximum absolute atomic E-state index is 13.5. The van der Waals surface area contributed by atoms with E-state index in [0.717, 1.165) is 24.8 Å². The molecule has 5 nitrogen and oxygen atoms in total. The number of ether oxygens (including phenoxy) is 1. The highest BCUT2D eigenvalue weighted by atomic mass is 32.2. The minimum Gasteiger partial charge on any atom is -0.489 e. The third kappa shape index (κ3) is 4.38. The Morgan fingerprint density at radius 1 is 1.00 bits per heavy atom. The number of carbonyl (C=O) groups excluding carboxylic acids is 1. The minimum absolute atomic E-state index is 0.227. The molecule has 0 radical (unpaired) electrons. The lowest BCUT2D eigenvalue weighted by molar-refractivity contribution is -0.117. The summed E-state index contributed by atoms with van der Waals surface area (Å²) < 4.78 is 31.8. The van der Waals surface area contributed by atoms with Gasteiger partial charge < -0.3 is 9.64 Å². The number of rotatable bonds is 8. The van der Waals surface area contributed by atoms with Crippen LogP contribution in [0.4, 0.5) is 0 Å². The molecule has 1 aliphatic rings. The van der Waals surface area contributed by atoms with Gasteiger partial charge in [0.25, 0.3) is 0 Å². The fourth-order valence-electron chi connectivity index (χ4n) is 3.91. The molecule has 6 heteroatoms. The Morgan fingerprint density at radius 2 is 1.64 bits per heavy atom. The van der Waals surface area contributed by atoms with Gasteiger partial charge in [-0.25, -0.2) is 8.42 Å². The van der Waals surface area contributed by atoms with Crippen LogP contribution < -0.4 is 4.74 Å². The number of hydrogen-bond donors (Lipinski definition) is 0. The Labute approximate surface area is 167 Å². The maximum atomic E-state index is 13.5. The van der Waals surface area contributed by atoms with Gasteiger partial charge >= 0.3 is 0 Å².